The van der Waals surface area contributed by atoms with Crippen LogP contribution in [0.15, 0.2) is 64.4 Å². The maximum Gasteiger partial charge on any atom is 0.280 e. The Hall–Kier alpha value is -2.95. The lowest BCUT2D eigenvalue weighted by Crippen LogP contribution is -2.19. The molecule has 2 aromatic carbocycles. The number of aromatic amines is 1. The van der Waals surface area contributed by atoms with Crippen molar-refractivity contribution in [1.82, 2.24) is 9.78 Å². The molecule has 4 nitrogen and oxygen atoms in total. The number of nitrogens with one attached hydrogen (secondary N) is 1. The number of benzene rings is 2. The molecule has 0 aliphatic heterocycles. The number of hydrogen-bond acceptors (Lipinski definition) is 2. The normalized spacial score (nSPS) is 11.7. The Labute approximate surface area is 145 Å². The van der Waals surface area contributed by atoms with E-state index in [1.165, 1.54) is 16.8 Å². The fraction of sp³-hybridized carbons (Fsp3) is 0.200. The first-order valence-corrected chi connectivity index (χ1v) is 8.29. The number of aliphatic imine (C=N–C) groups is 1. The van der Waals surface area contributed by atoms with Crippen LogP contribution in [0.5, 0.6) is 0 Å². The van der Waals surface area contributed by atoms with Crippen molar-refractivity contribution < 1.29 is 4.39 Å². The van der Waals surface area contributed by atoms with E-state index in [2.05, 4.69) is 10.1 Å². The molecular weight excluding hydrogens is 317 g/mol. The second-order valence-corrected chi connectivity index (χ2v) is 5.81. The Balaban J connectivity index is 2.21. The van der Waals surface area contributed by atoms with Gasteiger partial charge in [0.1, 0.15) is 5.82 Å². The molecule has 0 aliphatic rings. The van der Waals surface area contributed by atoms with Crippen LogP contribution in [0.25, 0.3) is 16.9 Å². The van der Waals surface area contributed by atoms with Crippen molar-refractivity contribution in [3.63, 3.8) is 0 Å². The molecule has 0 unspecified atom stereocenters. The molecule has 25 heavy (non-hydrogen) atoms. The maximum absolute atomic E-state index is 13.2. The second kappa shape index (κ2) is 7.30. The predicted molar refractivity (Wildman–Crippen MR) is 99.2 cm³/mol. The molecule has 1 heterocycles. The molecule has 1 N–H and O–H groups in total. The minimum absolute atomic E-state index is 0.192. The van der Waals surface area contributed by atoms with E-state index < -0.39 is 0 Å². The predicted octanol–water partition coefficient (Wildman–Crippen LogP) is 4.19. The molecule has 0 atom stereocenters. The van der Waals surface area contributed by atoms with Crippen LogP contribution in [0.3, 0.4) is 0 Å². The standard InChI is InChI=1S/C20H20FN3O/c1-3-13-22-14(2)18-19(15-7-5-4-6-8-15)23-24(20(18)25)17-11-9-16(21)10-12-17/h4-12,23H,3,13H2,1-2H3. The summed E-state index contributed by atoms with van der Waals surface area (Å²) in [6.07, 6.45) is 0.911. The third kappa shape index (κ3) is 3.45. The molecule has 128 valence electrons. The van der Waals surface area contributed by atoms with E-state index in [1.807, 2.05) is 44.2 Å². The fourth-order valence-corrected chi connectivity index (χ4v) is 2.72. The van der Waals surface area contributed by atoms with Crippen LogP contribution in [0.4, 0.5) is 4.39 Å². The third-order valence-corrected chi connectivity index (χ3v) is 3.97. The van der Waals surface area contributed by atoms with Gasteiger partial charge >= 0.3 is 0 Å². The summed E-state index contributed by atoms with van der Waals surface area (Å²) in [4.78, 5) is 17.5. The van der Waals surface area contributed by atoms with Crippen molar-refractivity contribution >= 4 is 5.71 Å². The Morgan fingerprint density at radius 1 is 1.12 bits per heavy atom. The number of hydrogen-bond donors (Lipinski definition) is 1. The van der Waals surface area contributed by atoms with E-state index in [0.717, 1.165) is 12.0 Å². The molecule has 0 bridgehead atoms. The van der Waals surface area contributed by atoms with Gasteiger partial charge in [0.15, 0.2) is 0 Å². The summed E-state index contributed by atoms with van der Waals surface area (Å²) in [6, 6.07) is 15.5. The monoisotopic (exact) mass is 337 g/mol. The van der Waals surface area contributed by atoms with Crippen LogP contribution in [0.2, 0.25) is 0 Å². The van der Waals surface area contributed by atoms with Gasteiger partial charge in [0.25, 0.3) is 5.56 Å². The molecular formula is C20H20FN3O. The highest BCUT2D eigenvalue weighted by Crippen LogP contribution is 2.21. The van der Waals surface area contributed by atoms with Gasteiger partial charge in [-0.25, -0.2) is 9.07 Å². The maximum atomic E-state index is 13.2. The molecule has 5 heteroatoms. The second-order valence-electron chi connectivity index (χ2n) is 5.81. The zero-order valence-corrected chi connectivity index (χ0v) is 14.3. The molecule has 1 aromatic heterocycles. The zero-order valence-electron chi connectivity index (χ0n) is 14.3. The van der Waals surface area contributed by atoms with Crippen molar-refractivity contribution in [2.24, 2.45) is 4.99 Å². The van der Waals surface area contributed by atoms with Crippen molar-refractivity contribution in [1.29, 1.82) is 0 Å². The van der Waals surface area contributed by atoms with Crippen LogP contribution in [-0.4, -0.2) is 22.0 Å². The summed E-state index contributed by atoms with van der Waals surface area (Å²) < 4.78 is 14.6. The number of halogens is 1. The minimum atomic E-state index is -0.340. The summed E-state index contributed by atoms with van der Waals surface area (Å²) >= 11 is 0. The largest absolute Gasteiger partial charge is 0.290 e. The van der Waals surface area contributed by atoms with Gasteiger partial charge in [-0.15, -0.1) is 0 Å². The molecule has 0 saturated carbocycles. The quantitative estimate of drug-likeness (QED) is 0.697. The first kappa shape index (κ1) is 16.9. The average molecular weight is 337 g/mol. The molecule has 0 radical (unpaired) electrons. The van der Waals surface area contributed by atoms with E-state index in [9.17, 15) is 9.18 Å². The van der Waals surface area contributed by atoms with E-state index in [0.29, 0.717) is 29.2 Å². The highest BCUT2D eigenvalue weighted by atomic mass is 19.1. The van der Waals surface area contributed by atoms with Gasteiger partial charge in [0.05, 0.1) is 16.9 Å². The number of aromatic nitrogens is 2. The van der Waals surface area contributed by atoms with E-state index in [4.69, 9.17) is 0 Å². The topological polar surface area (TPSA) is 50.1 Å². The van der Waals surface area contributed by atoms with E-state index in [-0.39, 0.29) is 11.4 Å². The molecule has 0 fully saturated rings. The van der Waals surface area contributed by atoms with Crippen molar-refractivity contribution in [2.75, 3.05) is 6.54 Å². The summed E-state index contributed by atoms with van der Waals surface area (Å²) in [7, 11) is 0. The lowest BCUT2D eigenvalue weighted by molar-refractivity contribution is 0.627. The van der Waals surface area contributed by atoms with Crippen molar-refractivity contribution in [3.8, 4) is 16.9 Å². The van der Waals surface area contributed by atoms with Gasteiger partial charge < -0.3 is 0 Å². The summed E-state index contributed by atoms with van der Waals surface area (Å²) in [6.45, 7) is 4.56. The van der Waals surface area contributed by atoms with Crippen LogP contribution in [0.1, 0.15) is 25.8 Å². The highest BCUT2D eigenvalue weighted by molar-refractivity contribution is 6.03. The average Bonchev–Trinajstić information content (AvgIpc) is 2.98. The summed E-state index contributed by atoms with van der Waals surface area (Å²) in [5, 5.41) is 3.16. The Bertz CT molecular complexity index is 937. The highest BCUT2D eigenvalue weighted by Gasteiger charge is 2.18. The first-order valence-electron chi connectivity index (χ1n) is 8.29. The SMILES string of the molecule is CCCN=C(C)c1c(-c2ccccc2)[nH]n(-c2ccc(F)cc2)c1=O. The van der Waals surface area contributed by atoms with Gasteiger partial charge in [-0.1, -0.05) is 37.3 Å². The van der Waals surface area contributed by atoms with Gasteiger partial charge in [-0.05, 0) is 37.6 Å². The number of rotatable bonds is 5. The van der Waals surface area contributed by atoms with Crippen LogP contribution in [0, 0.1) is 5.82 Å². The first-order chi connectivity index (χ1) is 12.1. The number of H-pyrrole nitrogens is 1. The third-order valence-electron chi connectivity index (χ3n) is 3.97. The van der Waals surface area contributed by atoms with Gasteiger partial charge in [0.2, 0.25) is 0 Å². The van der Waals surface area contributed by atoms with Crippen molar-refractivity contribution in [3.05, 3.63) is 76.3 Å². The molecule has 0 saturated heterocycles. The molecule has 0 spiro atoms. The summed E-state index contributed by atoms with van der Waals surface area (Å²) in [5.74, 6) is -0.340. The Kier molecular flexibility index (Phi) is 4.93. The van der Waals surface area contributed by atoms with Crippen molar-refractivity contribution in [2.45, 2.75) is 20.3 Å². The lowest BCUT2D eigenvalue weighted by Gasteiger charge is -2.03. The van der Waals surface area contributed by atoms with Crippen LogP contribution >= 0.6 is 0 Å². The molecule has 3 rings (SSSR count). The van der Waals surface area contributed by atoms with Gasteiger partial charge in [0, 0.05) is 17.8 Å². The number of nitrogens with zero attached hydrogens (tertiary/aromatic N) is 2. The Morgan fingerprint density at radius 2 is 1.80 bits per heavy atom. The van der Waals surface area contributed by atoms with Gasteiger partial charge in [-0.2, -0.15) is 0 Å². The minimum Gasteiger partial charge on any atom is -0.290 e. The molecule has 3 aromatic rings. The van der Waals surface area contributed by atoms with Crippen LogP contribution in [-0.2, 0) is 0 Å². The lowest BCUT2D eigenvalue weighted by atomic mass is 10.1. The molecule has 0 amide bonds. The van der Waals surface area contributed by atoms with Crippen LogP contribution < -0.4 is 5.56 Å². The molecule has 0 aliphatic carbocycles. The smallest absolute Gasteiger partial charge is 0.280 e. The van der Waals surface area contributed by atoms with E-state index in [1.54, 1.807) is 12.1 Å². The van der Waals surface area contributed by atoms with E-state index >= 15 is 0 Å². The summed E-state index contributed by atoms with van der Waals surface area (Å²) in [5.41, 5.74) is 3.25. The Morgan fingerprint density at radius 3 is 2.44 bits per heavy atom. The fourth-order valence-electron chi connectivity index (χ4n) is 2.72. The zero-order chi connectivity index (χ0) is 17.8. The van der Waals surface area contributed by atoms with Gasteiger partial charge in [-0.3, -0.25) is 14.9 Å².